The minimum atomic E-state index is -1.51. The molecule has 1 atom stereocenters. The van der Waals surface area contributed by atoms with Crippen molar-refractivity contribution in [1.29, 1.82) is 0 Å². The van der Waals surface area contributed by atoms with Crippen LogP contribution < -0.4 is 0 Å². The van der Waals surface area contributed by atoms with Gasteiger partial charge in [0.1, 0.15) is 0 Å². The number of hydrogen-bond acceptors (Lipinski definition) is 4. The number of benzene rings is 1. The van der Waals surface area contributed by atoms with Gasteiger partial charge in [-0.15, -0.1) is 0 Å². The fourth-order valence-electron chi connectivity index (χ4n) is 2.00. The molecular weight excluding hydrogens is 260 g/mol. The molecule has 0 aromatic heterocycles. The van der Waals surface area contributed by atoms with Gasteiger partial charge < -0.3 is 14.9 Å². The lowest BCUT2D eigenvalue weighted by molar-refractivity contribution is -0.147. The van der Waals surface area contributed by atoms with E-state index in [2.05, 4.69) is 0 Å². The first-order valence-corrected chi connectivity index (χ1v) is 6.67. The zero-order valence-electron chi connectivity index (χ0n) is 11.8. The highest BCUT2D eigenvalue weighted by Crippen LogP contribution is 2.20. The Morgan fingerprint density at radius 1 is 1.25 bits per heavy atom. The van der Waals surface area contributed by atoms with Gasteiger partial charge in [0.2, 0.25) is 0 Å². The van der Waals surface area contributed by atoms with Gasteiger partial charge >= 0.3 is 11.9 Å². The van der Waals surface area contributed by atoms with Crippen molar-refractivity contribution in [1.82, 2.24) is 0 Å². The van der Waals surface area contributed by atoms with Gasteiger partial charge in [-0.05, 0) is 36.5 Å². The van der Waals surface area contributed by atoms with E-state index in [1.54, 1.807) is 25.1 Å². The van der Waals surface area contributed by atoms with Gasteiger partial charge in [0, 0.05) is 6.42 Å². The summed E-state index contributed by atoms with van der Waals surface area (Å²) in [7, 11) is 0. The molecule has 0 spiro atoms. The molecule has 0 radical (unpaired) electrons. The standard InChI is InChI=1S/C15H20O5/c1-3-10-9-12(14(17)15(18)19)6-5-11(10)7-8-13(16)20-4-2/h5-6,9,14,17H,3-4,7-8H2,1-2H3,(H,18,19). The zero-order valence-corrected chi connectivity index (χ0v) is 11.8. The molecule has 0 amide bonds. The largest absolute Gasteiger partial charge is 0.479 e. The topological polar surface area (TPSA) is 83.8 Å². The Labute approximate surface area is 118 Å². The lowest BCUT2D eigenvalue weighted by atomic mass is 9.96. The number of carboxylic acids is 1. The summed E-state index contributed by atoms with van der Waals surface area (Å²) in [5.41, 5.74) is 2.27. The van der Waals surface area contributed by atoms with Crippen LogP contribution in [0.2, 0.25) is 0 Å². The second-order valence-electron chi connectivity index (χ2n) is 4.43. The number of aryl methyl sites for hydroxylation is 2. The number of aliphatic hydroxyl groups excluding tert-OH is 1. The molecule has 0 heterocycles. The maximum absolute atomic E-state index is 11.3. The van der Waals surface area contributed by atoms with Gasteiger partial charge in [-0.2, -0.15) is 0 Å². The van der Waals surface area contributed by atoms with E-state index in [1.807, 2.05) is 6.92 Å². The molecule has 0 saturated heterocycles. The third-order valence-electron chi connectivity index (χ3n) is 3.06. The van der Waals surface area contributed by atoms with E-state index in [-0.39, 0.29) is 5.97 Å². The first-order chi connectivity index (χ1) is 9.49. The molecular formula is C15H20O5. The number of carbonyl (C=O) groups excluding carboxylic acids is 1. The van der Waals surface area contributed by atoms with Crippen LogP contribution in [0.3, 0.4) is 0 Å². The molecule has 0 aliphatic heterocycles. The summed E-state index contributed by atoms with van der Waals surface area (Å²) >= 11 is 0. The number of ether oxygens (including phenoxy) is 1. The van der Waals surface area contributed by atoms with E-state index in [0.717, 1.165) is 11.1 Å². The van der Waals surface area contributed by atoms with Gasteiger partial charge in [-0.1, -0.05) is 25.1 Å². The second kappa shape index (κ2) is 7.65. The number of aliphatic carboxylic acids is 1. The molecule has 0 aliphatic carbocycles. The van der Waals surface area contributed by atoms with Crippen LogP contribution in [0.1, 0.15) is 43.1 Å². The van der Waals surface area contributed by atoms with E-state index in [4.69, 9.17) is 9.84 Å². The number of hydrogen-bond donors (Lipinski definition) is 2. The van der Waals surface area contributed by atoms with Crippen LogP contribution in [0.15, 0.2) is 18.2 Å². The Morgan fingerprint density at radius 3 is 2.50 bits per heavy atom. The van der Waals surface area contributed by atoms with E-state index in [0.29, 0.717) is 31.4 Å². The van der Waals surface area contributed by atoms with Crippen molar-refractivity contribution < 1.29 is 24.5 Å². The Bertz CT molecular complexity index is 481. The van der Waals surface area contributed by atoms with Crippen LogP contribution in [0, 0.1) is 0 Å². The average Bonchev–Trinajstić information content (AvgIpc) is 2.44. The zero-order chi connectivity index (χ0) is 15.1. The maximum atomic E-state index is 11.3. The summed E-state index contributed by atoms with van der Waals surface area (Å²) in [6.07, 6.45) is 0.0326. The highest BCUT2D eigenvalue weighted by molar-refractivity contribution is 5.74. The van der Waals surface area contributed by atoms with Crippen LogP contribution in [-0.2, 0) is 27.2 Å². The summed E-state index contributed by atoms with van der Waals surface area (Å²) in [5.74, 6) is -1.52. The quantitative estimate of drug-likeness (QED) is 0.745. The molecule has 0 fully saturated rings. The van der Waals surface area contributed by atoms with E-state index >= 15 is 0 Å². The van der Waals surface area contributed by atoms with Gasteiger partial charge in [0.15, 0.2) is 6.10 Å². The minimum absolute atomic E-state index is 0.246. The Kier molecular flexibility index (Phi) is 6.18. The SMILES string of the molecule is CCOC(=O)CCc1ccc(C(O)C(=O)O)cc1CC. The molecule has 0 aliphatic rings. The van der Waals surface area contributed by atoms with Crippen molar-refractivity contribution in [2.45, 2.75) is 39.2 Å². The Balaban J connectivity index is 2.83. The van der Waals surface area contributed by atoms with E-state index in [1.165, 1.54) is 0 Å². The number of aliphatic hydroxyl groups is 1. The number of esters is 1. The minimum Gasteiger partial charge on any atom is -0.479 e. The molecule has 110 valence electrons. The van der Waals surface area contributed by atoms with Gasteiger partial charge in [0.05, 0.1) is 6.61 Å². The third-order valence-corrected chi connectivity index (χ3v) is 3.06. The van der Waals surface area contributed by atoms with Crippen molar-refractivity contribution in [2.24, 2.45) is 0 Å². The van der Waals surface area contributed by atoms with Crippen LogP contribution in [-0.4, -0.2) is 28.8 Å². The molecule has 5 nitrogen and oxygen atoms in total. The fraction of sp³-hybridized carbons (Fsp3) is 0.467. The molecule has 0 saturated carbocycles. The summed E-state index contributed by atoms with van der Waals surface area (Å²) in [6, 6.07) is 5.03. The normalized spacial score (nSPS) is 11.9. The summed E-state index contributed by atoms with van der Waals surface area (Å²) in [5, 5.41) is 18.3. The van der Waals surface area contributed by atoms with Crippen molar-refractivity contribution in [3.05, 3.63) is 34.9 Å². The van der Waals surface area contributed by atoms with Gasteiger partial charge in [-0.25, -0.2) is 4.79 Å². The molecule has 0 bridgehead atoms. The first kappa shape index (κ1) is 16.2. The average molecular weight is 280 g/mol. The van der Waals surface area contributed by atoms with Crippen molar-refractivity contribution in [3.63, 3.8) is 0 Å². The maximum Gasteiger partial charge on any atom is 0.337 e. The Morgan fingerprint density at radius 2 is 1.95 bits per heavy atom. The first-order valence-electron chi connectivity index (χ1n) is 6.67. The summed E-state index contributed by atoms with van der Waals surface area (Å²) in [4.78, 5) is 22.1. The van der Waals surface area contributed by atoms with Gasteiger partial charge in [-0.3, -0.25) is 4.79 Å². The van der Waals surface area contributed by atoms with E-state index < -0.39 is 12.1 Å². The van der Waals surface area contributed by atoms with Crippen molar-refractivity contribution >= 4 is 11.9 Å². The lowest BCUT2D eigenvalue weighted by Crippen LogP contribution is -2.11. The smallest absolute Gasteiger partial charge is 0.337 e. The molecule has 1 aromatic carbocycles. The summed E-state index contributed by atoms with van der Waals surface area (Å²) < 4.78 is 4.87. The van der Waals surface area contributed by atoms with Crippen LogP contribution in [0.25, 0.3) is 0 Å². The van der Waals surface area contributed by atoms with Crippen LogP contribution in [0.5, 0.6) is 0 Å². The van der Waals surface area contributed by atoms with Crippen LogP contribution in [0.4, 0.5) is 0 Å². The molecule has 1 rings (SSSR count). The molecule has 2 N–H and O–H groups in total. The number of rotatable bonds is 7. The highest BCUT2D eigenvalue weighted by atomic mass is 16.5. The lowest BCUT2D eigenvalue weighted by Gasteiger charge is -2.12. The molecule has 20 heavy (non-hydrogen) atoms. The second-order valence-corrected chi connectivity index (χ2v) is 4.43. The summed E-state index contributed by atoms with van der Waals surface area (Å²) in [6.45, 7) is 4.07. The molecule has 1 aromatic rings. The van der Waals surface area contributed by atoms with Crippen LogP contribution >= 0.6 is 0 Å². The van der Waals surface area contributed by atoms with Gasteiger partial charge in [0.25, 0.3) is 0 Å². The Hall–Kier alpha value is -1.88. The third kappa shape index (κ3) is 4.35. The van der Waals surface area contributed by atoms with E-state index in [9.17, 15) is 14.7 Å². The predicted molar refractivity (Wildman–Crippen MR) is 73.4 cm³/mol. The molecule has 1 unspecified atom stereocenters. The fourth-order valence-corrected chi connectivity index (χ4v) is 2.00. The predicted octanol–water partition coefficient (Wildman–Crippen LogP) is 1.86. The molecule has 5 heteroatoms. The van der Waals surface area contributed by atoms with Crippen molar-refractivity contribution in [2.75, 3.05) is 6.61 Å². The number of carbonyl (C=O) groups is 2. The highest BCUT2D eigenvalue weighted by Gasteiger charge is 2.17. The monoisotopic (exact) mass is 280 g/mol. The van der Waals surface area contributed by atoms with Crippen molar-refractivity contribution in [3.8, 4) is 0 Å². The number of carboxylic acid groups (broad SMARTS) is 1.